The van der Waals surface area contributed by atoms with Crippen molar-refractivity contribution in [2.75, 3.05) is 51.7 Å². The molecular weight excluding hydrogens is 1730 g/mol. The number of hydrogen-bond donors (Lipinski definition) is 20. The first-order chi connectivity index (χ1) is 62.4. The number of amides is 12. The molecule has 0 bridgehead atoms. The molecule has 0 saturated carbocycles. The molecule has 43 nitrogen and oxygen atoms in total. The van der Waals surface area contributed by atoms with Crippen molar-refractivity contribution in [2.24, 2.45) is 40.7 Å². The highest BCUT2D eigenvalue weighted by Crippen LogP contribution is 2.30. The number of non-ortho nitro benzene ring substituents is 1. The Hall–Kier alpha value is -14.1. The minimum Gasteiger partial charge on any atom is -0.497 e. The van der Waals surface area contributed by atoms with E-state index in [4.69, 9.17) is 52.8 Å². The largest absolute Gasteiger partial charge is 0.497 e. The van der Waals surface area contributed by atoms with Crippen LogP contribution in [0.25, 0.3) is 11.0 Å². The van der Waals surface area contributed by atoms with Crippen molar-refractivity contribution in [1.82, 2.24) is 68.7 Å². The second-order valence-corrected chi connectivity index (χ2v) is 32.4. The number of rotatable bonds is 53. The Morgan fingerprint density at radius 1 is 0.576 bits per heavy atom. The van der Waals surface area contributed by atoms with Gasteiger partial charge in [0.15, 0.2) is 11.9 Å². The lowest BCUT2D eigenvalue weighted by Gasteiger charge is -2.32. The van der Waals surface area contributed by atoms with Gasteiger partial charge in [-0.3, -0.25) is 88.6 Å². The van der Waals surface area contributed by atoms with Crippen molar-refractivity contribution in [3.8, 4) is 5.75 Å². The van der Waals surface area contributed by atoms with Crippen molar-refractivity contribution in [1.29, 1.82) is 10.8 Å². The number of unbranched alkanes of at least 4 members (excludes halogenated alkanes) is 2. The lowest BCUT2D eigenvalue weighted by Crippen LogP contribution is -2.61. The maximum atomic E-state index is 15.3. The number of carboxylic acids is 1. The van der Waals surface area contributed by atoms with Gasteiger partial charge in [-0.05, 0) is 144 Å². The molecule has 6 rings (SSSR count). The van der Waals surface area contributed by atoms with Gasteiger partial charge in [0.2, 0.25) is 65.0 Å². The van der Waals surface area contributed by atoms with E-state index in [1.807, 2.05) is 0 Å². The summed E-state index contributed by atoms with van der Waals surface area (Å²) in [6, 6.07) is 12.0. The molecule has 5 aromatic rings. The van der Waals surface area contributed by atoms with Gasteiger partial charge in [-0.1, -0.05) is 109 Å². The molecule has 1 saturated heterocycles. The summed E-state index contributed by atoms with van der Waals surface area (Å²) >= 11 is 0. The van der Waals surface area contributed by atoms with Crippen molar-refractivity contribution in [3.63, 3.8) is 0 Å². The predicted octanol–water partition coefficient (Wildman–Crippen LogP) is 2.38. The number of nitrogens with zero attached hydrogens (tertiary/aromatic N) is 3. The topological polar surface area (TPSA) is 679 Å². The van der Waals surface area contributed by atoms with Crippen LogP contribution in [-0.2, 0) is 70.4 Å². The highest BCUT2D eigenvalue weighted by Gasteiger charge is 2.42. The molecule has 132 heavy (non-hydrogen) atoms. The van der Waals surface area contributed by atoms with Crippen molar-refractivity contribution in [3.05, 3.63) is 150 Å². The Labute approximate surface area is 758 Å². The number of nitrogens with two attached hydrogens (primary N) is 4. The monoisotopic (exact) mass is 1850 g/mol. The first kappa shape index (κ1) is 108. The second-order valence-electron chi connectivity index (χ2n) is 32.4. The lowest BCUT2D eigenvalue weighted by atomic mass is 9.96. The number of nitro groups is 2. The lowest BCUT2D eigenvalue weighted by molar-refractivity contribution is -0.393. The molecule has 11 atom stereocenters. The summed E-state index contributed by atoms with van der Waals surface area (Å²) < 4.78 is 42.2. The fourth-order valence-electron chi connectivity index (χ4n) is 14.1. The van der Waals surface area contributed by atoms with Crippen LogP contribution in [0.2, 0.25) is 0 Å². The third kappa shape index (κ3) is 36.8. The van der Waals surface area contributed by atoms with Crippen LogP contribution >= 0.6 is 0 Å². The highest BCUT2D eigenvalue weighted by molar-refractivity contribution is 6.07. The molecule has 2 heterocycles. The third-order valence-corrected chi connectivity index (χ3v) is 21.1. The van der Waals surface area contributed by atoms with E-state index in [0.29, 0.717) is 42.6 Å². The van der Waals surface area contributed by atoms with E-state index < -0.39 is 189 Å². The van der Waals surface area contributed by atoms with Crippen LogP contribution in [0.15, 0.2) is 112 Å². The molecule has 1 fully saturated rings. The SMILES string of the molecule is CCC(C)C(NC(=O)C1CCCN1C(=O)C(CCCCN)NC(=O)CNC(=O)c1cc(=O)oc2cc(OC)ccc12)C(=O)NC(CC(C)C)C(=O)NC(Cc1ccccc1)C(=O)NC(Cc1ccccc1)C(=O)NC(CCCNC(=N)N)C(=O)NC(CC(C)C)C(=O)NC(CCCCNc1ccc([N+](=O)[O-])cc1[N+](=O)[O-])C(=O)NC(CCCNC(=N)N)C(N)=O.O=C(O)C(F)(F)F. The molecule has 0 aliphatic carbocycles. The van der Waals surface area contributed by atoms with E-state index in [-0.39, 0.29) is 156 Å². The zero-order valence-corrected chi connectivity index (χ0v) is 74.5. The minimum atomic E-state index is -5.08. The molecule has 1 aliphatic rings. The van der Waals surface area contributed by atoms with Crippen molar-refractivity contribution in [2.45, 2.75) is 217 Å². The number of guanidine groups is 2. The molecule has 722 valence electrons. The average Bonchev–Trinajstić information content (AvgIpc) is 0.900. The zero-order chi connectivity index (χ0) is 98.1. The normalized spacial score (nSPS) is 14.6. The van der Waals surface area contributed by atoms with E-state index >= 15 is 19.2 Å². The van der Waals surface area contributed by atoms with Gasteiger partial charge >= 0.3 is 17.8 Å². The maximum absolute atomic E-state index is 15.3. The molecule has 1 aliphatic heterocycles. The summed E-state index contributed by atoms with van der Waals surface area (Å²) in [7, 11) is 1.42. The summed E-state index contributed by atoms with van der Waals surface area (Å²) in [4.78, 5) is 218. The Kier molecular flexibility index (Phi) is 44.7. The van der Waals surface area contributed by atoms with Gasteiger partial charge in [0.05, 0.1) is 35.1 Å². The fraction of sp³-hybridized carbons (Fsp3) is 0.512. The number of carboxylic acid groups (broad SMARTS) is 1. The number of likely N-dealkylation sites (tertiary alicyclic amines) is 1. The quantitative estimate of drug-likeness (QED) is 0.00663. The van der Waals surface area contributed by atoms with E-state index in [2.05, 4.69) is 69.1 Å². The molecule has 1 aromatic heterocycles. The van der Waals surface area contributed by atoms with E-state index in [0.717, 1.165) is 18.2 Å². The number of anilines is 1. The number of benzene rings is 4. The van der Waals surface area contributed by atoms with Gasteiger partial charge < -0.3 is 111 Å². The number of fused-ring (bicyclic) bond motifs is 1. The number of ether oxygens (including phenoxy) is 1. The number of halogens is 3. The summed E-state index contributed by atoms with van der Waals surface area (Å²) in [6.07, 6.45) is -3.39. The Morgan fingerprint density at radius 3 is 1.54 bits per heavy atom. The molecule has 0 spiro atoms. The van der Waals surface area contributed by atoms with Crippen molar-refractivity contribution < 1.29 is 99.6 Å². The number of carbonyl (C=O) groups excluding carboxylic acids is 12. The van der Waals surface area contributed by atoms with E-state index in [1.54, 1.807) is 108 Å². The van der Waals surface area contributed by atoms with Gasteiger partial charge in [-0.2, -0.15) is 13.2 Å². The highest BCUT2D eigenvalue weighted by atomic mass is 19.4. The summed E-state index contributed by atoms with van der Waals surface area (Å²) in [5.74, 6) is -14.1. The number of methoxy groups -OCH3 is 1. The molecule has 46 heteroatoms. The molecule has 4 aromatic carbocycles. The van der Waals surface area contributed by atoms with Crippen LogP contribution in [0.1, 0.15) is 159 Å². The number of nitro benzene ring substituents is 2. The van der Waals surface area contributed by atoms with E-state index in [9.17, 15) is 76.6 Å². The van der Waals surface area contributed by atoms with Crippen LogP contribution in [0.5, 0.6) is 5.75 Å². The van der Waals surface area contributed by atoms with Crippen molar-refractivity contribution >= 4 is 117 Å². The molecular formula is C86H121F3N22O21. The number of carbonyl (C=O) groups is 13. The smallest absolute Gasteiger partial charge is 0.490 e. The Balaban J connectivity index is 0.00000422. The number of hydrogen-bond acceptors (Lipinski definition) is 24. The number of alkyl halides is 3. The summed E-state index contributed by atoms with van der Waals surface area (Å²) in [6.45, 7) is 10.6. The van der Waals surface area contributed by atoms with E-state index in [1.165, 1.54) is 30.2 Å². The van der Waals surface area contributed by atoms with Crippen LogP contribution in [0.3, 0.4) is 0 Å². The third-order valence-electron chi connectivity index (χ3n) is 21.1. The molecule has 11 unspecified atom stereocenters. The van der Waals surface area contributed by atoms with Crippen LogP contribution in [0.4, 0.5) is 30.2 Å². The van der Waals surface area contributed by atoms with Gasteiger partial charge in [-0.25, -0.2) is 9.59 Å². The van der Waals surface area contributed by atoms with Gasteiger partial charge in [-0.15, -0.1) is 0 Å². The number of primary amides is 1. The predicted molar refractivity (Wildman–Crippen MR) is 478 cm³/mol. The van der Waals surface area contributed by atoms with Crippen LogP contribution in [-0.4, -0.2) is 222 Å². The fourth-order valence-corrected chi connectivity index (χ4v) is 14.1. The first-order valence-electron chi connectivity index (χ1n) is 43.1. The van der Waals surface area contributed by atoms with Crippen LogP contribution in [0, 0.1) is 48.8 Å². The second kappa shape index (κ2) is 54.4. The standard InChI is InChI=1S/C84H120N22O19.C2HF3O2/c1-8-50(6)71(103-80(117)66-30-21-39-104(66)82(119)61(27-15-17-35-85)95-69(107)47-94-73(110)56-46-70(108)125-68-45-54(124-7)32-33-55(56)68)81(118)102-63(41-49(4)5)77(114)100-65(43-52-24-13-10-14-25-52)79(116)101-64(42-51-22-11-9-12-23-51)78(115)98-60(29-20-38-93-84(89)90)75(112)99-62(40-48(2)3)76(113)97-59(74(111)96-58(72(86)109)28-19-37-92-83(87)88)26-16-18-36-91-57-34-31-53(105(120)121)44-67(57)106(122)123;3-2(4,5)1(6)7/h9-14,22-25,31-34,44-46,48-50,58-66,71,91H,8,15-21,26-30,35-43,47,85H2,1-7H3,(H2,86,109)(H,94,110)(H,95,107)(H,96,111)(H,97,113)(H,98,115)(H,99,112)(H,100,114)(H,101,116)(H,102,118)(H,103,117)(H4,87,88,92)(H4,89,90,93);(H,6,7). The average molecular weight is 1860 g/mol. The van der Waals surface area contributed by atoms with Gasteiger partial charge in [0, 0.05) is 62.6 Å². The molecule has 12 amide bonds. The summed E-state index contributed by atoms with van der Waals surface area (Å²) in [5, 5.41) is 81.5. The van der Waals surface area contributed by atoms with Gasteiger partial charge in [0.25, 0.3) is 17.3 Å². The number of nitrogens with one attached hydrogen (secondary N) is 15. The van der Waals surface area contributed by atoms with Gasteiger partial charge in [0.1, 0.15) is 77.4 Å². The summed E-state index contributed by atoms with van der Waals surface area (Å²) in [5.41, 5.74) is 21.8. The minimum absolute atomic E-state index is 0.00529. The maximum Gasteiger partial charge on any atom is 0.490 e. The number of aliphatic carboxylic acids is 1. The first-order valence-corrected chi connectivity index (χ1v) is 43.1. The van der Waals surface area contributed by atoms with Crippen LogP contribution < -0.4 is 102 Å². The Morgan fingerprint density at radius 2 is 1.05 bits per heavy atom. The Bertz CT molecular complexity index is 4880. The molecule has 0 radical (unpaired) electrons. The zero-order valence-electron chi connectivity index (χ0n) is 74.5. The molecule has 24 N–H and O–H groups in total.